The summed E-state index contributed by atoms with van der Waals surface area (Å²) in [5, 5.41) is 0. The summed E-state index contributed by atoms with van der Waals surface area (Å²) < 4.78 is 26.2. The van der Waals surface area contributed by atoms with Crippen LogP contribution in [-0.2, 0) is 14.8 Å². The third-order valence-corrected chi connectivity index (χ3v) is 6.21. The molecule has 23 heavy (non-hydrogen) atoms. The van der Waals surface area contributed by atoms with Gasteiger partial charge in [0.15, 0.2) is 0 Å². The summed E-state index contributed by atoms with van der Waals surface area (Å²) in [4.78, 5) is 10.7. The van der Waals surface area contributed by atoms with E-state index in [9.17, 15) is 13.2 Å². The molecular weight excluding hydrogens is 310 g/mol. The zero-order valence-electron chi connectivity index (χ0n) is 13.5. The molecule has 0 amide bonds. The summed E-state index contributed by atoms with van der Waals surface area (Å²) in [7, 11) is -3.44. The molecule has 122 valence electrons. The average Bonchev–Trinajstić information content (AvgIpc) is 2.55. The first-order chi connectivity index (χ1) is 10.8. The number of hydrogen-bond acceptors (Lipinski definition) is 3. The van der Waals surface area contributed by atoms with Gasteiger partial charge in [-0.15, -0.1) is 0 Å². The van der Waals surface area contributed by atoms with Gasteiger partial charge in [-0.2, -0.15) is 0 Å². The Morgan fingerprint density at radius 2 is 1.43 bits per heavy atom. The van der Waals surface area contributed by atoms with Gasteiger partial charge in [0, 0.05) is 12.1 Å². The van der Waals surface area contributed by atoms with Gasteiger partial charge in [-0.25, -0.2) is 13.1 Å². The molecule has 2 aromatic carbocycles. The molecule has 0 saturated heterocycles. The van der Waals surface area contributed by atoms with E-state index in [4.69, 9.17) is 0 Å². The molecule has 0 aromatic heterocycles. The molecule has 1 N–H and O–H groups in total. The zero-order chi connectivity index (χ0) is 17.1. The molecule has 0 heterocycles. The molecule has 0 aliphatic heterocycles. The van der Waals surface area contributed by atoms with Gasteiger partial charge in [0.05, 0.1) is 0 Å². The Bertz CT molecular complexity index is 776. The maximum absolute atomic E-state index is 12.3. The Hall–Kier alpha value is -1.98. The third-order valence-electron chi connectivity index (χ3n) is 3.97. The first-order valence-corrected chi connectivity index (χ1v) is 8.95. The van der Waals surface area contributed by atoms with E-state index in [2.05, 4.69) is 4.72 Å². The number of carbonyl (C=O) groups is 1. The molecule has 5 heteroatoms. The minimum Gasteiger partial charge on any atom is -0.298 e. The monoisotopic (exact) mass is 331 g/mol. The van der Waals surface area contributed by atoms with E-state index < -0.39 is 14.8 Å². The molecule has 2 aromatic rings. The number of sulfonamides is 1. The van der Waals surface area contributed by atoms with Gasteiger partial charge in [-0.1, -0.05) is 55.5 Å². The minimum absolute atomic E-state index is 0.368. The average molecular weight is 331 g/mol. The molecule has 4 nitrogen and oxygen atoms in total. The highest BCUT2D eigenvalue weighted by atomic mass is 32.2. The predicted molar refractivity (Wildman–Crippen MR) is 92.9 cm³/mol. The van der Waals surface area contributed by atoms with Crippen molar-refractivity contribution in [3.8, 4) is 11.1 Å². The normalized spacial score (nSPS) is 12.1. The fourth-order valence-electron chi connectivity index (χ4n) is 2.34. The molecule has 0 aliphatic rings. The maximum atomic E-state index is 12.3. The smallest absolute Gasteiger partial charge is 0.220 e. The van der Waals surface area contributed by atoms with Crippen molar-refractivity contribution in [2.24, 2.45) is 0 Å². The molecule has 2 rings (SSSR count). The zero-order valence-corrected chi connectivity index (χ0v) is 14.4. The van der Waals surface area contributed by atoms with Gasteiger partial charge < -0.3 is 0 Å². The van der Waals surface area contributed by atoms with Crippen LogP contribution in [0.2, 0.25) is 0 Å². The highest BCUT2D eigenvalue weighted by Gasteiger charge is 2.35. The van der Waals surface area contributed by atoms with Crippen LogP contribution in [-0.4, -0.2) is 21.2 Å². The summed E-state index contributed by atoms with van der Waals surface area (Å²) in [5.41, 5.74) is 3.31. The standard InChI is InChI=1S/C18H21NO3S/c1-4-19-23(21,22)18(2,3)17-11-9-16(10-12-17)15-7-5-14(13-20)6-8-15/h5-13,19H,4H2,1-3H3. The van der Waals surface area contributed by atoms with E-state index >= 15 is 0 Å². The van der Waals surface area contributed by atoms with E-state index in [-0.39, 0.29) is 0 Å². The Morgan fingerprint density at radius 3 is 1.87 bits per heavy atom. The lowest BCUT2D eigenvalue weighted by Gasteiger charge is -2.25. The Kier molecular flexibility index (Phi) is 5.02. The van der Waals surface area contributed by atoms with E-state index in [1.807, 2.05) is 36.4 Å². The minimum atomic E-state index is -3.44. The van der Waals surface area contributed by atoms with Crippen LogP contribution in [0.25, 0.3) is 11.1 Å². The summed E-state index contributed by atoms with van der Waals surface area (Å²) >= 11 is 0. The molecule has 0 fully saturated rings. The fraction of sp³-hybridized carbons (Fsp3) is 0.278. The van der Waals surface area contributed by atoms with Gasteiger partial charge in [0.25, 0.3) is 0 Å². The highest BCUT2D eigenvalue weighted by Crippen LogP contribution is 2.30. The lowest BCUT2D eigenvalue weighted by atomic mass is 9.98. The SMILES string of the molecule is CCNS(=O)(=O)C(C)(C)c1ccc(-c2ccc(C=O)cc2)cc1. The van der Waals surface area contributed by atoms with E-state index in [1.54, 1.807) is 32.9 Å². The number of aldehydes is 1. The predicted octanol–water partition coefficient (Wildman–Crippen LogP) is 3.34. The van der Waals surface area contributed by atoms with Crippen LogP contribution < -0.4 is 4.72 Å². The van der Waals surface area contributed by atoms with Crippen molar-refractivity contribution in [2.75, 3.05) is 6.54 Å². The molecular formula is C18H21NO3S. The van der Waals surface area contributed by atoms with Crippen LogP contribution in [0.3, 0.4) is 0 Å². The summed E-state index contributed by atoms with van der Waals surface area (Å²) in [6, 6.07) is 14.7. The van der Waals surface area contributed by atoms with Gasteiger partial charge in [-0.05, 0) is 30.5 Å². The molecule has 0 radical (unpaired) electrons. The number of rotatable bonds is 6. The van der Waals surface area contributed by atoms with E-state index in [1.165, 1.54) is 0 Å². The molecule has 0 unspecified atom stereocenters. The van der Waals surface area contributed by atoms with Crippen LogP contribution in [0, 0.1) is 0 Å². The third kappa shape index (κ3) is 3.51. The van der Waals surface area contributed by atoms with Crippen molar-refractivity contribution < 1.29 is 13.2 Å². The topological polar surface area (TPSA) is 63.2 Å². The lowest BCUT2D eigenvalue weighted by Crippen LogP contribution is -2.39. The second-order valence-electron chi connectivity index (χ2n) is 5.83. The first kappa shape index (κ1) is 17.4. The number of nitrogens with one attached hydrogen (secondary N) is 1. The molecule has 0 bridgehead atoms. The summed E-state index contributed by atoms with van der Waals surface area (Å²) in [6.45, 7) is 5.52. The number of carbonyl (C=O) groups excluding carboxylic acids is 1. The van der Waals surface area contributed by atoms with Crippen LogP contribution in [0.1, 0.15) is 36.7 Å². The maximum Gasteiger partial charge on any atom is 0.220 e. The number of benzene rings is 2. The number of hydrogen-bond donors (Lipinski definition) is 1. The Balaban J connectivity index is 2.33. The van der Waals surface area contributed by atoms with Gasteiger partial charge >= 0.3 is 0 Å². The van der Waals surface area contributed by atoms with Gasteiger partial charge in [-0.3, -0.25) is 4.79 Å². The summed E-state index contributed by atoms with van der Waals surface area (Å²) in [5.74, 6) is 0. The van der Waals surface area contributed by atoms with Crippen LogP contribution in [0.4, 0.5) is 0 Å². The van der Waals surface area contributed by atoms with Crippen molar-refractivity contribution in [3.05, 3.63) is 59.7 Å². The second kappa shape index (κ2) is 6.64. The lowest BCUT2D eigenvalue weighted by molar-refractivity contribution is 0.112. The van der Waals surface area contributed by atoms with Crippen LogP contribution in [0.15, 0.2) is 48.5 Å². The molecule has 0 saturated carbocycles. The Morgan fingerprint density at radius 1 is 0.957 bits per heavy atom. The van der Waals surface area contributed by atoms with Crippen LogP contribution in [0.5, 0.6) is 0 Å². The van der Waals surface area contributed by atoms with Crippen molar-refractivity contribution >= 4 is 16.3 Å². The fourth-order valence-corrected chi connectivity index (χ4v) is 3.53. The largest absolute Gasteiger partial charge is 0.298 e. The van der Waals surface area contributed by atoms with E-state index in [0.29, 0.717) is 12.1 Å². The quantitative estimate of drug-likeness (QED) is 0.826. The van der Waals surface area contributed by atoms with E-state index in [0.717, 1.165) is 23.0 Å². The molecule has 0 aliphatic carbocycles. The van der Waals surface area contributed by atoms with Crippen molar-refractivity contribution in [1.82, 2.24) is 4.72 Å². The van der Waals surface area contributed by atoms with Gasteiger partial charge in [0.1, 0.15) is 11.0 Å². The first-order valence-electron chi connectivity index (χ1n) is 7.47. The molecule has 0 atom stereocenters. The van der Waals surface area contributed by atoms with Gasteiger partial charge in [0.2, 0.25) is 10.0 Å². The Labute approximate surface area is 137 Å². The van der Waals surface area contributed by atoms with Crippen molar-refractivity contribution in [2.45, 2.75) is 25.5 Å². The van der Waals surface area contributed by atoms with Crippen LogP contribution >= 0.6 is 0 Å². The van der Waals surface area contributed by atoms with Crippen molar-refractivity contribution in [1.29, 1.82) is 0 Å². The molecule has 0 spiro atoms. The summed E-state index contributed by atoms with van der Waals surface area (Å²) in [6.07, 6.45) is 0.807. The highest BCUT2D eigenvalue weighted by molar-refractivity contribution is 7.90. The second-order valence-corrected chi connectivity index (χ2v) is 8.15. The van der Waals surface area contributed by atoms with Crippen molar-refractivity contribution in [3.63, 3.8) is 0 Å².